The summed E-state index contributed by atoms with van der Waals surface area (Å²) in [5.74, 6) is 1.73. The molecule has 0 amide bonds. The fourth-order valence-corrected chi connectivity index (χ4v) is 2.80. The van der Waals surface area contributed by atoms with Gasteiger partial charge in [-0.05, 0) is 48.1 Å². The molecule has 2 rings (SSSR count). The molecular weight excluding hydrogens is 345 g/mol. The maximum absolute atomic E-state index is 4.56. The molecule has 2 heterocycles. The molecule has 0 aromatic carbocycles. The van der Waals surface area contributed by atoms with Crippen LogP contribution in [-0.4, -0.2) is 16.5 Å². The summed E-state index contributed by atoms with van der Waals surface area (Å²) in [5, 5.41) is 3.25. The summed E-state index contributed by atoms with van der Waals surface area (Å²) in [6.45, 7) is 5.10. The second-order valence-electron chi connectivity index (χ2n) is 3.54. The molecule has 0 aliphatic carbocycles. The van der Waals surface area contributed by atoms with Crippen LogP contribution in [0.1, 0.15) is 18.7 Å². The quantitative estimate of drug-likeness (QED) is 0.844. The largest absolute Gasteiger partial charge is 0.369 e. The molecule has 2 aromatic rings. The Hall–Kier alpha value is -0.690. The highest BCUT2D eigenvalue weighted by molar-refractivity contribution is 14.1. The fraction of sp³-hybridized carbons (Fsp3) is 0.333. The third-order valence-corrected chi connectivity index (χ3v) is 4.33. The molecule has 5 heteroatoms. The van der Waals surface area contributed by atoms with Crippen molar-refractivity contribution in [1.29, 1.82) is 0 Å². The van der Waals surface area contributed by atoms with Crippen LogP contribution >= 0.6 is 33.9 Å². The van der Waals surface area contributed by atoms with E-state index in [1.807, 2.05) is 6.20 Å². The van der Waals surface area contributed by atoms with Crippen molar-refractivity contribution < 1.29 is 0 Å². The number of anilines is 1. The lowest BCUT2D eigenvalue weighted by Gasteiger charge is -2.05. The van der Waals surface area contributed by atoms with Crippen molar-refractivity contribution in [2.75, 3.05) is 11.9 Å². The molecule has 90 valence electrons. The highest BCUT2D eigenvalue weighted by Crippen LogP contribution is 2.27. The van der Waals surface area contributed by atoms with E-state index in [1.165, 1.54) is 4.88 Å². The molecule has 0 radical (unpaired) electrons. The number of nitrogens with zero attached hydrogens (tertiary/aromatic N) is 2. The third-order valence-electron chi connectivity index (χ3n) is 2.32. The summed E-state index contributed by atoms with van der Waals surface area (Å²) < 4.78 is 1.06. The molecule has 0 spiro atoms. The van der Waals surface area contributed by atoms with E-state index < -0.39 is 0 Å². The normalized spacial score (nSPS) is 10.5. The van der Waals surface area contributed by atoms with Crippen molar-refractivity contribution in [3.63, 3.8) is 0 Å². The van der Waals surface area contributed by atoms with E-state index in [1.54, 1.807) is 11.3 Å². The third kappa shape index (κ3) is 2.95. The molecule has 0 aliphatic heterocycles. The molecule has 0 aliphatic rings. The van der Waals surface area contributed by atoms with Crippen LogP contribution in [0.25, 0.3) is 10.7 Å². The van der Waals surface area contributed by atoms with Crippen molar-refractivity contribution >= 4 is 39.7 Å². The minimum absolute atomic E-state index is 0.811. The lowest BCUT2D eigenvalue weighted by molar-refractivity contribution is 1.11. The van der Waals surface area contributed by atoms with Crippen molar-refractivity contribution in [1.82, 2.24) is 9.97 Å². The van der Waals surface area contributed by atoms with Gasteiger partial charge < -0.3 is 5.32 Å². The molecule has 0 atom stereocenters. The first-order valence-electron chi connectivity index (χ1n) is 5.60. The Kier molecular flexibility index (Phi) is 4.33. The topological polar surface area (TPSA) is 37.8 Å². The SMILES string of the molecule is CCNc1nc(-c2ccc(CC)s2)ncc1I. The van der Waals surface area contributed by atoms with Gasteiger partial charge >= 0.3 is 0 Å². The van der Waals surface area contributed by atoms with Crippen LogP contribution in [0, 0.1) is 3.57 Å². The molecular formula is C12H14IN3S. The van der Waals surface area contributed by atoms with Gasteiger partial charge in [0.05, 0.1) is 8.45 Å². The van der Waals surface area contributed by atoms with Crippen molar-refractivity contribution in [3.8, 4) is 10.7 Å². The zero-order chi connectivity index (χ0) is 12.3. The minimum atomic E-state index is 0.811. The summed E-state index contributed by atoms with van der Waals surface area (Å²) >= 11 is 4.01. The molecule has 17 heavy (non-hydrogen) atoms. The second-order valence-corrected chi connectivity index (χ2v) is 5.87. The van der Waals surface area contributed by atoms with Gasteiger partial charge in [0.15, 0.2) is 5.82 Å². The van der Waals surface area contributed by atoms with Crippen LogP contribution in [-0.2, 0) is 6.42 Å². The first-order valence-corrected chi connectivity index (χ1v) is 7.49. The van der Waals surface area contributed by atoms with Gasteiger partial charge in [0.2, 0.25) is 0 Å². The Morgan fingerprint density at radius 1 is 1.35 bits per heavy atom. The predicted molar refractivity (Wildman–Crippen MR) is 81.6 cm³/mol. The van der Waals surface area contributed by atoms with Gasteiger partial charge in [-0.2, -0.15) is 0 Å². The number of hydrogen-bond donors (Lipinski definition) is 1. The van der Waals surface area contributed by atoms with E-state index in [-0.39, 0.29) is 0 Å². The fourth-order valence-electron chi connectivity index (χ4n) is 1.47. The summed E-state index contributed by atoms with van der Waals surface area (Å²) in [6, 6.07) is 4.25. The number of aryl methyl sites for hydroxylation is 1. The van der Waals surface area contributed by atoms with Gasteiger partial charge in [0, 0.05) is 17.6 Å². The number of halogens is 1. The zero-order valence-electron chi connectivity index (χ0n) is 9.83. The maximum Gasteiger partial charge on any atom is 0.171 e. The lowest BCUT2D eigenvalue weighted by atomic mass is 10.3. The number of nitrogens with one attached hydrogen (secondary N) is 1. The Morgan fingerprint density at radius 2 is 2.18 bits per heavy atom. The maximum atomic E-state index is 4.56. The average Bonchev–Trinajstić information content (AvgIpc) is 2.81. The average molecular weight is 359 g/mol. The summed E-state index contributed by atoms with van der Waals surface area (Å²) in [5.41, 5.74) is 0. The molecule has 0 bridgehead atoms. The van der Waals surface area contributed by atoms with Crippen LogP contribution in [0.5, 0.6) is 0 Å². The highest BCUT2D eigenvalue weighted by Gasteiger charge is 2.08. The van der Waals surface area contributed by atoms with Crippen molar-refractivity contribution in [2.24, 2.45) is 0 Å². The molecule has 0 saturated carbocycles. The van der Waals surface area contributed by atoms with Gasteiger partial charge in [-0.25, -0.2) is 9.97 Å². The molecule has 0 fully saturated rings. The number of rotatable bonds is 4. The predicted octanol–water partition coefficient (Wildman–Crippen LogP) is 3.80. The number of aromatic nitrogens is 2. The Bertz CT molecular complexity index is 510. The van der Waals surface area contributed by atoms with Gasteiger partial charge in [-0.1, -0.05) is 6.92 Å². The van der Waals surface area contributed by atoms with Gasteiger partial charge in [-0.15, -0.1) is 11.3 Å². The summed E-state index contributed by atoms with van der Waals surface area (Å²) in [7, 11) is 0. The van der Waals surface area contributed by atoms with Crippen molar-refractivity contribution in [2.45, 2.75) is 20.3 Å². The highest BCUT2D eigenvalue weighted by atomic mass is 127. The van der Waals surface area contributed by atoms with E-state index >= 15 is 0 Å². The molecule has 3 nitrogen and oxygen atoms in total. The Morgan fingerprint density at radius 3 is 2.82 bits per heavy atom. The smallest absolute Gasteiger partial charge is 0.171 e. The van der Waals surface area contributed by atoms with E-state index in [4.69, 9.17) is 0 Å². The van der Waals surface area contributed by atoms with Crippen LogP contribution in [0.15, 0.2) is 18.3 Å². The van der Waals surface area contributed by atoms with Crippen LogP contribution in [0.4, 0.5) is 5.82 Å². The van der Waals surface area contributed by atoms with Gasteiger partial charge in [0.1, 0.15) is 5.82 Å². The number of thiophene rings is 1. The van der Waals surface area contributed by atoms with E-state index in [0.717, 1.165) is 33.1 Å². The van der Waals surface area contributed by atoms with Crippen molar-refractivity contribution in [3.05, 3.63) is 26.8 Å². The molecule has 0 unspecified atom stereocenters. The summed E-state index contributed by atoms with van der Waals surface area (Å²) in [6.07, 6.45) is 2.93. The molecule has 2 aromatic heterocycles. The zero-order valence-corrected chi connectivity index (χ0v) is 12.8. The first kappa shape index (κ1) is 12.8. The van der Waals surface area contributed by atoms with Crippen LogP contribution in [0.3, 0.4) is 0 Å². The number of hydrogen-bond acceptors (Lipinski definition) is 4. The molecule has 1 N–H and O–H groups in total. The second kappa shape index (κ2) is 5.77. The van der Waals surface area contributed by atoms with Crippen LogP contribution < -0.4 is 5.32 Å². The summed E-state index contributed by atoms with van der Waals surface area (Å²) in [4.78, 5) is 11.5. The minimum Gasteiger partial charge on any atom is -0.369 e. The monoisotopic (exact) mass is 359 g/mol. The molecule has 0 saturated heterocycles. The van der Waals surface area contributed by atoms with E-state index in [2.05, 4.69) is 63.9 Å². The Labute approximate surface area is 119 Å². The van der Waals surface area contributed by atoms with Crippen LogP contribution in [0.2, 0.25) is 0 Å². The first-order chi connectivity index (χ1) is 8.24. The van der Waals surface area contributed by atoms with Gasteiger partial charge in [0.25, 0.3) is 0 Å². The van der Waals surface area contributed by atoms with E-state index in [9.17, 15) is 0 Å². The Balaban J connectivity index is 2.35. The van der Waals surface area contributed by atoms with Gasteiger partial charge in [-0.3, -0.25) is 0 Å². The standard InChI is InChI=1S/C12H14IN3S/c1-3-8-5-6-10(17-8)12-15-7-9(13)11(16-12)14-4-2/h5-7H,3-4H2,1-2H3,(H,14,15,16). The lowest BCUT2D eigenvalue weighted by Crippen LogP contribution is -2.03. The van der Waals surface area contributed by atoms with E-state index in [0.29, 0.717) is 0 Å².